The van der Waals surface area contributed by atoms with Crippen LogP contribution in [0.25, 0.3) is 11.1 Å². The van der Waals surface area contributed by atoms with E-state index in [0.717, 1.165) is 49.9 Å². The van der Waals surface area contributed by atoms with Gasteiger partial charge in [0.2, 0.25) is 5.91 Å². The number of rotatable bonds is 12. The predicted molar refractivity (Wildman–Crippen MR) is 160 cm³/mol. The van der Waals surface area contributed by atoms with Crippen LogP contribution in [-0.4, -0.2) is 97.5 Å². The maximum Gasteiger partial charge on any atom is 0.407 e. The average molecular weight is 657 g/mol. The summed E-state index contributed by atoms with van der Waals surface area (Å²) in [5.41, 5.74) is 3.97. The van der Waals surface area contributed by atoms with Crippen LogP contribution in [-0.2, 0) is 52.4 Å². The second-order valence-electron chi connectivity index (χ2n) is 10.9. The summed E-state index contributed by atoms with van der Waals surface area (Å²) in [6.45, 7) is 3.23. The fourth-order valence-corrected chi connectivity index (χ4v) is 5.58. The number of carboxylic acid groups (broad SMARTS) is 1. The number of hydrogen-bond acceptors (Lipinski definition) is 12. The third-order valence-electron chi connectivity index (χ3n) is 7.43. The summed E-state index contributed by atoms with van der Waals surface area (Å²) in [5, 5.41) is 14.6. The molecule has 47 heavy (non-hydrogen) atoms. The first-order valence-corrected chi connectivity index (χ1v) is 14.7. The largest absolute Gasteiger partial charge is 0.480 e. The molecular weight excluding hydrogens is 620 g/mol. The number of carbonyl (C=O) groups excluding carboxylic acids is 5. The molecule has 1 aliphatic heterocycles. The van der Waals surface area contributed by atoms with Crippen molar-refractivity contribution in [1.82, 2.24) is 10.6 Å². The summed E-state index contributed by atoms with van der Waals surface area (Å²) >= 11 is 0. The van der Waals surface area contributed by atoms with Gasteiger partial charge in [-0.1, -0.05) is 48.5 Å². The van der Waals surface area contributed by atoms with Crippen LogP contribution in [0.4, 0.5) is 4.79 Å². The van der Waals surface area contributed by atoms with Gasteiger partial charge in [0, 0.05) is 33.6 Å². The first kappa shape index (κ1) is 34.8. The van der Waals surface area contributed by atoms with Crippen LogP contribution in [0.3, 0.4) is 0 Å². The van der Waals surface area contributed by atoms with Gasteiger partial charge in [-0.15, -0.1) is 0 Å². The highest BCUT2D eigenvalue weighted by Gasteiger charge is 2.51. The molecular formula is C32H36N2O13. The van der Waals surface area contributed by atoms with Gasteiger partial charge in [-0.25, -0.2) is 9.59 Å². The molecule has 2 aliphatic rings. The van der Waals surface area contributed by atoms with Gasteiger partial charge >= 0.3 is 30.0 Å². The third-order valence-corrected chi connectivity index (χ3v) is 7.43. The number of carboxylic acids is 1. The zero-order chi connectivity index (χ0) is 34.2. The zero-order valence-electron chi connectivity index (χ0n) is 26.1. The predicted octanol–water partition coefficient (Wildman–Crippen LogP) is 1.65. The highest BCUT2D eigenvalue weighted by Crippen LogP contribution is 2.44. The van der Waals surface area contributed by atoms with E-state index >= 15 is 0 Å². The number of esters is 3. The molecule has 1 heterocycles. The molecule has 0 aromatic heterocycles. The van der Waals surface area contributed by atoms with Crippen molar-refractivity contribution < 1.29 is 62.3 Å². The van der Waals surface area contributed by atoms with Gasteiger partial charge in [-0.2, -0.15) is 0 Å². The molecule has 15 nitrogen and oxygen atoms in total. The van der Waals surface area contributed by atoms with Gasteiger partial charge in [-0.05, 0) is 22.3 Å². The van der Waals surface area contributed by atoms with E-state index in [1.165, 1.54) is 0 Å². The Balaban J connectivity index is 1.48. The molecule has 1 fully saturated rings. The number of aliphatic carboxylic acids is 1. The van der Waals surface area contributed by atoms with Crippen molar-refractivity contribution in [2.75, 3.05) is 19.8 Å². The summed E-state index contributed by atoms with van der Waals surface area (Å²) in [6.07, 6.45) is -6.58. The summed E-state index contributed by atoms with van der Waals surface area (Å²) < 4.78 is 32.8. The lowest BCUT2D eigenvalue weighted by Crippen LogP contribution is -2.67. The van der Waals surface area contributed by atoms with Crippen molar-refractivity contribution in [2.45, 2.75) is 70.3 Å². The van der Waals surface area contributed by atoms with Crippen molar-refractivity contribution in [2.24, 2.45) is 0 Å². The Hall–Kier alpha value is -5.02. The van der Waals surface area contributed by atoms with E-state index in [9.17, 15) is 33.9 Å². The second kappa shape index (κ2) is 15.5. The number of alkyl carbamates (subject to hydrolysis) is 1. The quantitative estimate of drug-likeness (QED) is 0.220. The van der Waals surface area contributed by atoms with E-state index in [0.29, 0.717) is 0 Å². The number of benzene rings is 2. The van der Waals surface area contributed by atoms with Crippen molar-refractivity contribution in [3.63, 3.8) is 0 Å². The number of fused-ring (bicyclic) bond motifs is 3. The maximum atomic E-state index is 12.8. The van der Waals surface area contributed by atoms with E-state index in [4.69, 9.17) is 28.4 Å². The lowest BCUT2D eigenvalue weighted by Gasteiger charge is -2.45. The Morgan fingerprint density at radius 1 is 0.787 bits per heavy atom. The fourth-order valence-electron chi connectivity index (χ4n) is 5.58. The molecule has 2 aromatic carbocycles. The number of nitrogens with one attached hydrogen (secondary N) is 2. The minimum Gasteiger partial charge on any atom is -0.480 e. The normalized spacial score (nSPS) is 22.1. The topological polar surface area (TPSA) is 202 Å². The Morgan fingerprint density at radius 2 is 1.36 bits per heavy atom. The van der Waals surface area contributed by atoms with Crippen molar-refractivity contribution in [3.8, 4) is 11.1 Å². The maximum absolute atomic E-state index is 12.8. The van der Waals surface area contributed by atoms with E-state index < -0.39 is 85.8 Å². The van der Waals surface area contributed by atoms with E-state index in [1.807, 2.05) is 48.5 Å². The molecule has 2 aromatic rings. The van der Waals surface area contributed by atoms with Gasteiger partial charge in [-0.3, -0.25) is 19.2 Å². The SMILES string of the molecule is CC(=O)N[C@H]1[C@H](OC[C@@H](NC(=O)OCC2c3ccccc3-c3ccccc32)C(=O)O)O[C@H](COC(C)=O)[C@@H](OC(C)=O)[C@@H]1OC(C)=O. The van der Waals surface area contributed by atoms with Gasteiger partial charge < -0.3 is 44.2 Å². The number of carbonyl (C=O) groups is 6. The van der Waals surface area contributed by atoms with Crippen molar-refractivity contribution in [1.29, 1.82) is 0 Å². The summed E-state index contributed by atoms with van der Waals surface area (Å²) in [6, 6.07) is 12.5. The van der Waals surface area contributed by atoms with Crippen LogP contribution in [0.5, 0.6) is 0 Å². The van der Waals surface area contributed by atoms with Crippen LogP contribution in [0, 0.1) is 0 Å². The van der Waals surface area contributed by atoms with Crippen molar-refractivity contribution >= 4 is 35.9 Å². The van der Waals surface area contributed by atoms with E-state index in [1.54, 1.807) is 0 Å². The average Bonchev–Trinajstić information content (AvgIpc) is 3.32. The number of amides is 2. The van der Waals surface area contributed by atoms with Gasteiger partial charge in [0.25, 0.3) is 0 Å². The lowest BCUT2D eigenvalue weighted by molar-refractivity contribution is -0.278. The summed E-state index contributed by atoms with van der Waals surface area (Å²) in [5.74, 6) is -4.65. The third kappa shape index (κ3) is 8.83. The Labute approximate surface area is 269 Å². The molecule has 252 valence electrons. The first-order chi connectivity index (χ1) is 22.3. The standard InChI is InChI=1S/C32H36N2O13/c1-16(35)33-27-29(46-19(4)38)28(45-18(3)37)26(15-42-17(2)36)47-31(27)43-14-25(30(39)40)34-32(41)44-13-24-22-11-7-5-9-20(22)21-10-6-8-12-23(21)24/h5-12,24-29,31H,13-15H2,1-4H3,(H,33,35)(H,34,41)(H,39,40)/t25-,26-,27-,28-,29-,31-/m1/s1. The summed E-state index contributed by atoms with van der Waals surface area (Å²) in [7, 11) is 0. The molecule has 15 heteroatoms. The highest BCUT2D eigenvalue weighted by atomic mass is 16.7. The molecule has 3 N–H and O–H groups in total. The van der Waals surface area contributed by atoms with Crippen molar-refractivity contribution in [3.05, 3.63) is 59.7 Å². The molecule has 1 aliphatic carbocycles. The van der Waals surface area contributed by atoms with Gasteiger partial charge in [0.1, 0.15) is 25.4 Å². The molecule has 0 unspecified atom stereocenters. The van der Waals surface area contributed by atoms with E-state index in [2.05, 4.69) is 10.6 Å². The molecule has 0 saturated carbocycles. The Kier molecular flexibility index (Phi) is 11.5. The van der Waals surface area contributed by atoms with E-state index in [-0.39, 0.29) is 12.5 Å². The zero-order valence-corrected chi connectivity index (χ0v) is 26.1. The Bertz CT molecular complexity index is 1470. The van der Waals surface area contributed by atoms with Crippen LogP contribution in [0.15, 0.2) is 48.5 Å². The van der Waals surface area contributed by atoms with Crippen LogP contribution >= 0.6 is 0 Å². The molecule has 1 saturated heterocycles. The second-order valence-corrected chi connectivity index (χ2v) is 10.9. The fraction of sp³-hybridized carbons (Fsp3) is 0.438. The first-order valence-electron chi connectivity index (χ1n) is 14.7. The molecule has 0 bridgehead atoms. The van der Waals surface area contributed by atoms with Crippen LogP contribution < -0.4 is 10.6 Å². The molecule has 0 radical (unpaired) electrons. The van der Waals surface area contributed by atoms with Gasteiger partial charge in [0.05, 0.1) is 6.61 Å². The van der Waals surface area contributed by atoms with Crippen LogP contribution in [0.2, 0.25) is 0 Å². The molecule has 6 atom stereocenters. The smallest absolute Gasteiger partial charge is 0.407 e. The Morgan fingerprint density at radius 3 is 1.89 bits per heavy atom. The molecule has 2 amide bonds. The number of hydrogen-bond donors (Lipinski definition) is 3. The monoisotopic (exact) mass is 656 g/mol. The van der Waals surface area contributed by atoms with Gasteiger partial charge in [0.15, 0.2) is 24.5 Å². The lowest BCUT2D eigenvalue weighted by atomic mass is 9.96. The minimum absolute atomic E-state index is 0.0666. The number of ether oxygens (including phenoxy) is 6. The van der Waals surface area contributed by atoms with Crippen LogP contribution in [0.1, 0.15) is 44.7 Å². The highest BCUT2D eigenvalue weighted by molar-refractivity contribution is 5.81. The minimum atomic E-state index is -1.66. The molecule has 0 spiro atoms. The molecule has 4 rings (SSSR count). The summed E-state index contributed by atoms with van der Waals surface area (Å²) in [4.78, 5) is 72.6.